The number of nitrogens with one attached hydrogen (secondary N) is 2. The van der Waals surface area contributed by atoms with Crippen molar-refractivity contribution in [1.29, 1.82) is 0 Å². The van der Waals surface area contributed by atoms with Crippen molar-refractivity contribution in [3.05, 3.63) is 59.9 Å². The lowest BCUT2D eigenvalue weighted by molar-refractivity contribution is 0.340. The molecular formula is C19H23FN2OS2. The van der Waals surface area contributed by atoms with Gasteiger partial charge in [0.1, 0.15) is 11.6 Å². The van der Waals surface area contributed by atoms with Crippen molar-refractivity contribution in [2.24, 2.45) is 0 Å². The monoisotopic (exact) mass is 378 g/mol. The summed E-state index contributed by atoms with van der Waals surface area (Å²) < 4.78 is 19.0. The Morgan fingerprint density at radius 2 is 2.04 bits per heavy atom. The normalized spacial score (nSPS) is 10.3. The van der Waals surface area contributed by atoms with Crippen LogP contribution in [-0.2, 0) is 5.75 Å². The van der Waals surface area contributed by atoms with Crippen LogP contribution in [0.25, 0.3) is 0 Å². The Bertz CT molecular complexity index is 682. The number of benzene rings is 2. The third kappa shape index (κ3) is 7.32. The van der Waals surface area contributed by atoms with Crippen LogP contribution in [0.1, 0.15) is 18.9 Å². The van der Waals surface area contributed by atoms with E-state index < -0.39 is 0 Å². The molecule has 0 spiro atoms. The van der Waals surface area contributed by atoms with Gasteiger partial charge < -0.3 is 15.4 Å². The molecule has 0 saturated heterocycles. The van der Waals surface area contributed by atoms with Gasteiger partial charge in [-0.05, 0) is 55.1 Å². The van der Waals surface area contributed by atoms with Gasteiger partial charge >= 0.3 is 0 Å². The zero-order valence-corrected chi connectivity index (χ0v) is 15.9. The molecule has 0 amide bonds. The summed E-state index contributed by atoms with van der Waals surface area (Å²) in [5.41, 5.74) is 1.66. The first-order chi connectivity index (χ1) is 12.2. The van der Waals surface area contributed by atoms with Crippen molar-refractivity contribution in [1.82, 2.24) is 5.32 Å². The van der Waals surface area contributed by atoms with E-state index in [4.69, 9.17) is 17.0 Å². The smallest absolute Gasteiger partial charge is 0.170 e. The molecule has 0 aliphatic heterocycles. The number of thiocarbonyl (C=S) groups is 1. The number of anilines is 1. The standard InChI is InChI=1S/C19H23FN2OS2/c1-2-23-17-9-5-8-16(13-17)22-19(24)21-11-6-12-25-14-15-7-3-4-10-18(15)20/h3-5,7-10,13H,2,6,11-12,14H2,1H3,(H2,21,22,24). The summed E-state index contributed by atoms with van der Waals surface area (Å²) in [6, 6.07) is 14.6. The molecule has 0 atom stereocenters. The summed E-state index contributed by atoms with van der Waals surface area (Å²) >= 11 is 7.02. The van der Waals surface area contributed by atoms with Crippen molar-refractivity contribution in [2.75, 3.05) is 24.2 Å². The number of ether oxygens (including phenoxy) is 1. The van der Waals surface area contributed by atoms with Gasteiger partial charge in [-0.25, -0.2) is 4.39 Å². The van der Waals surface area contributed by atoms with E-state index in [0.29, 0.717) is 17.5 Å². The van der Waals surface area contributed by atoms with Gasteiger partial charge in [0, 0.05) is 24.1 Å². The molecule has 0 aliphatic rings. The van der Waals surface area contributed by atoms with Crippen LogP contribution in [-0.4, -0.2) is 24.0 Å². The topological polar surface area (TPSA) is 33.3 Å². The highest BCUT2D eigenvalue weighted by Crippen LogP contribution is 2.17. The Hall–Kier alpha value is -1.79. The molecular weight excluding hydrogens is 355 g/mol. The Labute approximate surface area is 158 Å². The maximum atomic E-state index is 13.5. The van der Waals surface area contributed by atoms with Crippen molar-refractivity contribution >= 4 is 34.8 Å². The van der Waals surface area contributed by atoms with Gasteiger partial charge in [-0.1, -0.05) is 24.3 Å². The summed E-state index contributed by atoms with van der Waals surface area (Å²) in [5, 5.41) is 6.92. The van der Waals surface area contributed by atoms with Crippen LogP contribution in [0.2, 0.25) is 0 Å². The van der Waals surface area contributed by atoms with Crippen LogP contribution in [0.5, 0.6) is 5.75 Å². The highest BCUT2D eigenvalue weighted by atomic mass is 32.2. The van der Waals surface area contributed by atoms with Crippen molar-refractivity contribution in [3.63, 3.8) is 0 Å². The maximum absolute atomic E-state index is 13.5. The van der Waals surface area contributed by atoms with E-state index in [1.54, 1.807) is 17.8 Å². The molecule has 3 nitrogen and oxygen atoms in total. The van der Waals surface area contributed by atoms with Crippen LogP contribution in [0, 0.1) is 5.82 Å². The predicted octanol–water partition coefficient (Wildman–Crippen LogP) is 4.83. The summed E-state index contributed by atoms with van der Waals surface area (Å²) in [5.74, 6) is 2.33. The molecule has 0 aliphatic carbocycles. The molecule has 0 heterocycles. The number of hydrogen-bond donors (Lipinski definition) is 2. The van der Waals surface area contributed by atoms with Crippen LogP contribution in [0.4, 0.5) is 10.1 Å². The Balaban J connectivity index is 1.61. The summed E-state index contributed by atoms with van der Waals surface area (Å²) in [6.45, 7) is 3.37. The van der Waals surface area contributed by atoms with Crippen molar-refractivity contribution in [2.45, 2.75) is 19.1 Å². The lowest BCUT2D eigenvalue weighted by Gasteiger charge is -2.11. The molecule has 6 heteroatoms. The lowest BCUT2D eigenvalue weighted by atomic mass is 10.2. The highest BCUT2D eigenvalue weighted by molar-refractivity contribution is 7.98. The van der Waals surface area contributed by atoms with Crippen molar-refractivity contribution < 1.29 is 9.13 Å². The molecule has 134 valence electrons. The van der Waals surface area contributed by atoms with Gasteiger partial charge in [-0.15, -0.1) is 0 Å². The Kier molecular flexibility index (Phi) is 8.55. The minimum Gasteiger partial charge on any atom is -0.494 e. The zero-order chi connectivity index (χ0) is 17.9. The van der Waals surface area contributed by atoms with E-state index in [1.807, 2.05) is 43.3 Å². The van der Waals surface area contributed by atoms with E-state index in [1.165, 1.54) is 6.07 Å². The summed E-state index contributed by atoms with van der Waals surface area (Å²) in [4.78, 5) is 0. The van der Waals surface area contributed by atoms with Crippen LogP contribution in [0.3, 0.4) is 0 Å². The Morgan fingerprint density at radius 1 is 1.20 bits per heavy atom. The largest absolute Gasteiger partial charge is 0.494 e. The van der Waals surface area contributed by atoms with Crippen molar-refractivity contribution in [3.8, 4) is 5.75 Å². The van der Waals surface area contributed by atoms with E-state index in [2.05, 4.69) is 10.6 Å². The molecule has 2 aromatic rings. The number of rotatable bonds is 9. The molecule has 0 radical (unpaired) electrons. The van der Waals surface area contributed by atoms with Gasteiger partial charge in [0.25, 0.3) is 0 Å². The fourth-order valence-electron chi connectivity index (χ4n) is 2.18. The number of halogens is 1. The fourth-order valence-corrected chi connectivity index (χ4v) is 3.35. The molecule has 0 fully saturated rings. The second-order valence-electron chi connectivity index (χ2n) is 5.34. The minimum absolute atomic E-state index is 0.132. The molecule has 2 N–H and O–H groups in total. The summed E-state index contributed by atoms with van der Waals surface area (Å²) in [6.07, 6.45) is 0.958. The van der Waals surface area contributed by atoms with E-state index in [9.17, 15) is 4.39 Å². The van der Waals surface area contributed by atoms with Crippen LogP contribution in [0.15, 0.2) is 48.5 Å². The quantitative estimate of drug-likeness (QED) is 0.482. The maximum Gasteiger partial charge on any atom is 0.170 e. The van der Waals surface area contributed by atoms with Gasteiger partial charge in [0.15, 0.2) is 5.11 Å². The molecule has 0 saturated carbocycles. The Morgan fingerprint density at radius 3 is 2.84 bits per heavy atom. The highest BCUT2D eigenvalue weighted by Gasteiger charge is 2.01. The van der Waals surface area contributed by atoms with E-state index in [-0.39, 0.29) is 5.82 Å². The van der Waals surface area contributed by atoms with Crippen LogP contribution < -0.4 is 15.4 Å². The van der Waals surface area contributed by atoms with Gasteiger partial charge in [-0.2, -0.15) is 11.8 Å². The second kappa shape index (κ2) is 10.9. The van der Waals surface area contributed by atoms with E-state index >= 15 is 0 Å². The molecule has 2 rings (SSSR count). The first-order valence-corrected chi connectivity index (χ1v) is 9.84. The average molecular weight is 379 g/mol. The summed E-state index contributed by atoms with van der Waals surface area (Å²) in [7, 11) is 0. The second-order valence-corrected chi connectivity index (χ2v) is 6.85. The minimum atomic E-state index is -0.132. The predicted molar refractivity (Wildman–Crippen MR) is 109 cm³/mol. The third-order valence-corrected chi connectivity index (χ3v) is 4.71. The lowest BCUT2D eigenvalue weighted by Crippen LogP contribution is -2.29. The first-order valence-electron chi connectivity index (χ1n) is 8.28. The molecule has 0 bridgehead atoms. The van der Waals surface area contributed by atoms with Gasteiger partial charge in [0.2, 0.25) is 0 Å². The van der Waals surface area contributed by atoms with E-state index in [0.717, 1.165) is 35.7 Å². The number of hydrogen-bond acceptors (Lipinski definition) is 3. The third-order valence-electron chi connectivity index (χ3n) is 3.37. The van der Waals surface area contributed by atoms with Gasteiger partial charge in [-0.3, -0.25) is 0 Å². The van der Waals surface area contributed by atoms with Gasteiger partial charge in [0.05, 0.1) is 6.61 Å². The number of thioether (sulfide) groups is 1. The fraction of sp³-hybridized carbons (Fsp3) is 0.316. The average Bonchev–Trinajstić information content (AvgIpc) is 2.60. The zero-order valence-electron chi connectivity index (χ0n) is 14.3. The SMILES string of the molecule is CCOc1cccc(NC(=S)NCCCSCc2ccccc2F)c1. The molecule has 0 unspecified atom stereocenters. The molecule has 25 heavy (non-hydrogen) atoms. The molecule has 0 aromatic heterocycles. The van der Waals surface area contributed by atoms with Crippen LogP contribution >= 0.6 is 24.0 Å². The first kappa shape index (κ1) is 19.5. The molecule has 2 aromatic carbocycles.